The predicted molar refractivity (Wildman–Crippen MR) is 155 cm³/mol. The minimum Gasteiger partial charge on any atom is -0.743 e. The summed E-state index contributed by atoms with van der Waals surface area (Å²) < 4.78 is 69.8. The Balaban J connectivity index is 1.62. The Bertz CT molecular complexity index is 1170. The van der Waals surface area contributed by atoms with E-state index < -0.39 is 37.4 Å². The van der Waals surface area contributed by atoms with E-state index in [1.54, 1.807) is 11.8 Å². The van der Waals surface area contributed by atoms with Gasteiger partial charge in [0.15, 0.2) is 15.4 Å². The number of amides is 1. The van der Waals surface area contributed by atoms with E-state index in [0.29, 0.717) is 42.5 Å². The molecule has 0 radical (unpaired) electrons. The topological polar surface area (TPSA) is 104 Å². The molecule has 1 aliphatic heterocycles. The lowest BCUT2D eigenvalue weighted by Gasteiger charge is -2.47. The van der Waals surface area contributed by atoms with Gasteiger partial charge in [0.2, 0.25) is 5.78 Å². The standard InChI is InChI=1S/C30H43F2NO6S2/c1-4-39-29(35)33-13-15-40(16-14-33)27(28(34)22-11-9-21(10-12-22)20(2)3)19-24-18-25(30(31,32)41(36,37)38)17-23-7-5-6-8-26(23)24/h9-12,20,23-27H,4-8,13-19H2,1-3H3. The van der Waals surface area contributed by atoms with Gasteiger partial charge in [-0.05, 0) is 55.4 Å². The molecule has 1 aromatic rings. The van der Waals surface area contributed by atoms with E-state index in [-0.39, 0.29) is 49.1 Å². The molecule has 1 heterocycles. The normalized spacial score (nSPS) is 26.9. The first kappa shape index (κ1) is 32.2. The van der Waals surface area contributed by atoms with Gasteiger partial charge >= 0.3 is 11.3 Å². The molecular formula is C30H43F2NO6S2. The van der Waals surface area contributed by atoms with Gasteiger partial charge in [-0.1, -0.05) is 57.4 Å². The highest BCUT2D eigenvalue weighted by Gasteiger charge is 2.54. The van der Waals surface area contributed by atoms with Crippen LogP contribution in [0.2, 0.25) is 0 Å². The van der Waals surface area contributed by atoms with Crippen LogP contribution in [-0.2, 0) is 25.7 Å². The number of alkyl halides is 2. The van der Waals surface area contributed by atoms with Gasteiger partial charge in [-0.25, -0.2) is 13.2 Å². The Morgan fingerprint density at radius 3 is 2.32 bits per heavy atom. The zero-order valence-electron chi connectivity index (χ0n) is 24.2. The molecule has 5 atom stereocenters. The van der Waals surface area contributed by atoms with E-state index in [2.05, 4.69) is 13.8 Å². The van der Waals surface area contributed by atoms with Crippen LogP contribution in [0.5, 0.6) is 0 Å². The Kier molecular flexibility index (Phi) is 10.4. The molecule has 4 rings (SSSR count). The van der Waals surface area contributed by atoms with Crippen LogP contribution in [0.4, 0.5) is 13.6 Å². The second-order valence-electron chi connectivity index (χ2n) is 12.1. The van der Waals surface area contributed by atoms with Crippen molar-refractivity contribution >= 4 is 32.9 Å². The van der Waals surface area contributed by atoms with Crippen LogP contribution in [0.15, 0.2) is 24.3 Å². The Morgan fingerprint density at radius 1 is 1.10 bits per heavy atom. The zero-order chi connectivity index (χ0) is 29.9. The number of halogens is 2. The summed E-state index contributed by atoms with van der Waals surface area (Å²) in [6.07, 6.45) is 3.46. The summed E-state index contributed by atoms with van der Waals surface area (Å²) in [5.41, 5.74) is 1.70. The first-order chi connectivity index (χ1) is 19.3. The number of carbonyl (C=O) groups excluding carboxylic acids is 2. The predicted octanol–water partition coefficient (Wildman–Crippen LogP) is 5.81. The zero-order valence-corrected chi connectivity index (χ0v) is 25.9. The van der Waals surface area contributed by atoms with E-state index in [4.69, 9.17) is 4.74 Å². The second-order valence-corrected chi connectivity index (χ2v) is 16.1. The molecule has 0 N–H and O–H groups in total. The van der Waals surface area contributed by atoms with Gasteiger partial charge in [0.1, 0.15) is 11.5 Å². The molecule has 3 fully saturated rings. The Morgan fingerprint density at radius 2 is 1.73 bits per heavy atom. The molecule has 41 heavy (non-hydrogen) atoms. The molecule has 7 nitrogen and oxygen atoms in total. The van der Waals surface area contributed by atoms with Crippen molar-refractivity contribution in [3.8, 4) is 0 Å². The highest BCUT2D eigenvalue weighted by atomic mass is 32.2. The SMILES string of the molecule is CCOC(=O)N1CC[S+](C(CC2CC(C(F)(F)S(=O)(=O)[O-])CC3CCCCC32)C(=O)c2ccc(C(C)C)cc2)CC1. The minimum atomic E-state index is -5.80. The highest BCUT2D eigenvalue weighted by Crippen LogP contribution is 2.52. The molecular weight excluding hydrogens is 572 g/mol. The number of ketones is 1. The molecule has 1 amide bonds. The lowest BCUT2D eigenvalue weighted by atomic mass is 9.61. The average Bonchev–Trinajstić information content (AvgIpc) is 2.95. The molecule has 2 aliphatic carbocycles. The number of hydrogen-bond donors (Lipinski definition) is 0. The van der Waals surface area contributed by atoms with E-state index in [1.807, 2.05) is 24.3 Å². The summed E-state index contributed by atoms with van der Waals surface area (Å²) in [6, 6.07) is 7.59. The Hall–Kier alpha value is -1.72. The molecule has 0 aromatic heterocycles. The molecule has 0 spiro atoms. The molecule has 2 saturated carbocycles. The van der Waals surface area contributed by atoms with Gasteiger partial charge in [-0.2, -0.15) is 8.78 Å². The third kappa shape index (κ3) is 7.26. The maximum absolute atomic E-state index is 14.9. The fraction of sp³-hybridized carbons (Fsp3) is 0.733. The molecule has 11 heteroatoms. The van der Waals surface area contributed by atoms with Crippen molar-refractivity contribution in [2.45, 2.75) is 82.1 Å². The number of benzene rings is 1. The van der Waals surface area contributed by atoms with E-state index in [1.165, 1.54) is 0 Å². The summed E-state index contributed by atoms with van der Waals surface area (Å²) >= 11 is 0. The van der Waals surface area contributed by atoms with Gasteiger partial charge in [0, 0.05) is 28.8 Å². The van der Waals surface area contributed by atoms with Gasteiger partial charge in [-0.3, -0.25) is 9.69 Å². The monoisotopic (exact) mass is 615 g/mol. The van der Waals surface area contributed by atoms with Crippen LogP contribution < -0.4 is 0 Å². The summed E-state index contributed by atoms with van der Waals surface area (Å²) in [5.74, 6) is -0.223. The van der Waals surface area contributed by atoms with Crippen molar-refractivity contribution < 1.29 is 36.1 Å². The fourth-order valence-corrected chi connectivity index (χ4v) is 10.4. The van der Waals surface area contributed by atoms with Crippen LogP contribution in [0.3, 0.4) is 0 Å². The first-order valence-electron chi connectivity index (χ1n) is 14.9. The average molecular weight is 616 g/mol. The molecule has 230 valence electrons. The van der Waals surface area contributed by atoms with Crippen molar-refractivity contribution in [1.82, 2.24) is 4.90 Å². The summed E-state index contributed by atoms with van der Waals surface area (Å²) in [5, 5.41) is -4.75. The van der Waals surface area contributed by atoms with Crippen LogP contribution in [0.1, 0.15) is 87.6 Å². The largest absolute Gasteiger partial charge is 0.743 e. The lowest BCUT2D eigenvalue weighted by Crippen LogP contribution is -2.50. The molecule has 1 saturated heterocycles. The van der Waals surface area contributed by atoms with Crippen molar-refractivity contribution in [2.75, 3.05) is 31.2 Å². The quantitative estimate of drug-likeness (QED) is 0.197. The van der Waals surface area contributed by atoms with Crippen molar-refractivity contribution in [1.29, 1.82) is 0 Å². The van der Waals surface area contributed by atoms with E-state index in [9.17, 15) is 31.3 Å². The maximum atomic E-state index is 14.9. The number of Topliss-reactive ketones (excluding diaryl/α,β-unsaturated/α-hetero) is 1. The third-order valence-corrected chi connectivity index (χ3v) is 13.0. The number of nitrogens with zero attached hydrogens (tertiary/aromatic N) is 1. The molecule has 1 aromatic carbocycles. The number of rotatable bonds is 9. The van der Waals surface area contributed by atoms with Gasteiger partial charge in [0.25, 0.3) is 0 Å². The van der Waals surface area contributed by atoms with Crippen LogP contribution in [-0.4, -0.2) is 71.5 Å². The van der Waals surface area contributed by atoms with Gasteiger partial charge in [0.05, 0.1) is 19.7 Å². The van der Waals surface area contributed by atoms with E-state index >= 15 is 0 Å². The third-order valence-electron chi connectivity index (χ3n) is 9.40. The fourth-order valence-electron chi connectivity index (χ4n) is 7.14. The second kappa shape index (κ2) is 13.3. The number of ether oxygens (including phenoxy) is 1. The smallest absolute Gasteiger partial charge is 0.410 e. The molecule has 5 unspecified atom stereocenters. The summed E-state index contributed by atoms with van der Waals surface area (Å²) in [7, 11) is -6.20. The van der Waals surface area contributed by atoms with Crippen LogP contribution >= 0.6 is 0 Å². The summed E-state index contributed by atoms with van der Waals surface area (Å²) in [6.45, 7) is 7.12. The Labute approximate surface area is 245 Å². The number of carbonyl (C=O) groups is 2. The number of fused-ring (bicyclic) bond motifs is 1. The molecule has 0 bridgehead atoms. The minimum absolute atomic E-state index is 0.0223. The van der Waals surface area contributed by atoms with Crippen molar-refractivity contribution in [3.05, 3.63) is 35.4 Å². The van der Waals surface area contributed by atoms with Gasteiger partial charge in [-0.15, -0.1) is 0 Å². The highest BCUT2D eigenvalue weighted by molar-refractivity contribution is 7.98. The molecule has 3 aliphatic rings. The van der Waals surface area contributed by atoms with Crippen molar-refractivity contribution in [2.24, 2.45) is 23.7 Å². The van der Waals surface area contributed by atoms with Crippen LogP contribution in [0.25, 0.3) is 0 Å². The first-order valence-corrected chi connectivity index (χ1v) is 17.9. The van der Waals surface area contributed by atoms with Gasteiger partial charge < -0.3 is 9.29 Å². The lowest BCUT2D eigenvalue weighted by molar-refractivity contribution is -0.0499. The maximum Gasteiger partial charge on any atom is 0.410 e. The number of hydrogen-bond acceptors (Lipinski definition) is 6. The van der Waals surface area contributed by atoms with Crippen LogP contribution in [0, 0.1) is 23.7 Å². The van der Waals surface area contributed by atoms with Crippen molar-refractivity contribution in [3.63, 3.8) is 0 Å². The van der Waals surface area contributed by atoms with E-state index in [0.717, 1.165) is 31.2 Å². The summed E-state index contributed by atoms with van der Waals surface area (Å²) in [4.78, 5) is 28.1.